The Morgan fingerprint density at radius 1 is 1.38 bits per heavy atom. The smallest absolute Gasteiger partial charge is 0.245 e. The Hall–Kier alpha value is -1.56. The second-order valence-corrected chi connectivity index (χ2v) is 7.74. The third kappa shape index (κ3) is 3.56. The standard InChI is InChI=1S/C15H22N2O3S/c1-2-9-17(13-7-5-6-12(16)11-13)15(18)14-8-3-4-10-21(14,19)20/h5-7,11,14H,2-4,8-10,16H2,1H3. The number of sulfone groups is 1. The molecule has 0 aliphatic carbocycles. The van der Waals surface area contributed by atoms with Crippen molar-refractivity contribution in [2.45, 2.75) is 37.9 Å². The van der Waals surface area contributed by atoms with Crippen molar-refractivity contribution in [1.82, 2.24) is 0 Å². The van der Waals surface area contributed by atoms with Gasteiger partial charge >= 0.3 is 0 Å². The van der Waals surface area contributed by atoms with E-state index in [1.165, 1.54) is 0 Å². The summed E-state index contributed by atoms with van der Waals surface area (Å²) in [6, 6.07) is 7.02. The predicted octanol–water partition coefficient (Wildman–Crippen LogP) is 1.98. The number of anilines is 2. The Balaban J connectivity index is 2.31. The topological polar surface area (TPSA) is 80.5 Å². The van der Waals surface area contributed by atoms with Crippen LogP contribution < -0.4 is 10.6 Å². The predicted molar refractivity (Wildman–Crippen MR) is 84.9 cm³/mol. The molecule has 1 amide bonds. The van der Waals surface area contributed by atoms with Gasteiger partial charge in [-0.05, 0) is 37.5 Å². The Bertz CT molecular complexity index is 613. The number of hydrogen-bond donors (Lipinski definition) is 1. The summed E-state index contributed by atoms with van der Waals surface area (Å²) in [5, 5.41) is -0.903. The highest BCUT2D eigenvalue weighted by Crippen LogP contribution is 2.25. The summed E-state index contributed by atoms with van der Waals surface area (Å²) in [5.41, 5.74) is 7.00. The van der Waals surface area contributed by atoms with Crippen LogP contribution in [-0.2, 0) is 14.6 Å². The molecular weight excluding hydrogens is 288 g/mol. The van der Waals surface area contributed by atoms with E-state index < -0.39 is 15.1 Å². The quantitative estimate of drug-likeness (QED) is 0.862. The lowest BCUT2D eigenvalue weighted by Gasteiger charge is -2.29. The van der Waals surface area contributed by atoms with Crippen LogP contribution in [0.2, 0.25) is 0 Å². The Morgan fingerprint density at radius 2 is 2.14 bits per heavy atom. The first-order valence-electron chi connectivity index (χ1n) is 7.34. The fourth-order valence-corrected chi connectivity index (χ4v) is 4.54. The lowest BCUT2D eigenvalue weighted by molar-refractivity contribution is -0.118. The Morgan fingerprint density at radius 3 is 2.76 bits per heavy atom. The van der Waals surface area contributed by atoms with E-state index in [0.29, 0.717) is 30.8 Å². The molecular formula is C15H22N2O3S. The van der Waals surface area contributed by atoms with Crippen molar-refractivity contribution in [2.75, 3.05) is 22.9 Å². The fourth-order valence-electron chi connectivity index (χ4n) is 2.69. The first kappa shape index (κ1) is 15.8. The maximum atomic E-state index is 12.7. The molecule has 1 aliphatic heterocycles. The SMILES string of the molecule is CCCN(C(=O)C1CCCCS1(=O)=O)c1cccc(N)c1. The van der Waals surface area contributed by atoms with Gasteiger partial charge in [0.25, 0.3) is 0 Å². The molecule has 1 aromatic rings. The minimum atomic E-state index is -3.33. The van der Waals surface area contributed by atoms with Crippen molar-refractivity contribution in [3.63, 3.8) is 0 Å². The Labute approximate surface area is 126 Å². The van der Waals surface area contributed by atoms with Gasteiger partial charge in [0.2, 0.25) is 5.91 Å². The molecule has 2 rings (SSSR count). The van der Waals surface area contributed by atoms with Crippen molar-refractivity contribution in [2.24, 2.45) is 0 Å². The van der Waals surface area contributed by atoms with E-state index in [9.17, 15) is 13.2 Å². The van der Waals surface area contributed by atoms with Gasteiger partial charge in [-0.15, -0.1) is 0 Å². The molecule has 1 aromatic carbocycles. The van der Waals surface area contributed by atoms with Gasteiger partial charge in [-0.25, -0.2) is 8.42 Å². The molecule has 1 atom stereocenters. The number of nitrogens with zero attached hydrogens (tertiary/aromatic N) is 1. The van der Waals surface area contributed by atoms with E-state index in [0.717, 1.165) is 12.8 Å². The van der Waals surface area contributed by atoms with Crippen LogP contribution in [0.15, 0.2) is 24.3 Å². The maximum absolute atomic E-state index is 12.7. The number of benzene rings is 1. The molecule has 1 aliphatic rings. The van der Waals surface area contributed by atoms with Gasteiger partial charge in [0, 0.05) is 17.9 Å². The van der Waals surface area contributed by atoms with Crippen molar-refractivity contribution in [1.29, 1.82) is 0 Å². The Kier molecular flexibility index (Phi) is 4.88. The second kappa shape index (κ2) is 6.47. The summed E-state index contributed by atoms with van der Waals surface area (Å²) in [5.74, 6) is -0.206. The van der Waals surface area contributed by atoms with Gasteiger partial charge in [0.05, 0.1) is 5.75 Å². The molecule has 2 N–H and O–H groups in total. The number of amides is 1. The van der Waals surface area contributed by atoms with Crippen LogP contribution in [-0.4, -0.2) is 31.9 Å². The molecule has 1 fully saturated rings. The summed E-state index contributed by atoms with van der Waals surface area (Å²) in [4.78, 5) is 14.3. The molecule has 0 radical (unpaired) electrons. The first-order valence-corrected chi connectivity index (χ1v) is 9.05. The third-order valence-corrected chi connectivity index (χ3v) is 5.91. The zero-order valence-electron chi connectivity index (χ0n) is 12.3. The van der Waals surface area contributed by atoms with Gasteiger partial charge in [-0.1, -0.05) is 19.4 Å². The maximum Gasteiger partial charge on any atom is 0.245 e. The molecule has 21 heavy (non-hydrogen) atoms. The van der Waals surface area contributed by atoms with Crippen LogP contribution in [0.3, 0.4) is 0 Å². The first-order chi connectivity index (χ1) is 9.95. The van der Waals surface area contributed by atoms with E-state index in [1.54, 1.807) is 29.2 Å². The third-order valence-electron chi connectivity index (χ3n) is 3.75. The van der Waals surface area contributed by atoms with Crippen LogP contribution >= 0.6 is 0 Å². The molecule has 0 spiro atoms. The lowest BCUT2D eigenvalue weighted by atomic mass is 10.1. The van der Waals surface area contributed by atoms with Crippen LogP contribution in [0.1, 0.15) is 32.6 Å². The highest BCUT2D eigenvalue weighted by molar-refractivity contribution is 7.92. The normalized spacial score (nSPS) is 20.9. The molecule has 0 bridgehead atoms. The highest BCUT2D eigenvalue weighted by Gasteiger charge is 2.37. The molecule has 0 saturated carbocycles. The zero-order valence-corrected chi connectivity index (χ0v) is 13.1. The molecule has 0 aromatic heterocycles. The molecule has 1 heterocycles. The molecule has 6 heteroatoms. The van der Waals surface area contributed by atoms with Crippen molar-refractivity contribution in [3.05, 3.63) is 24.3 Å². The van der Waals surface area contributed by atoms with Gasteiger partial charge in [-0.3, -0.25) is 4.79 Å². The van der Waals surface area contributed by atoms with E-state index >= 15 is 0 Å². The summed E-state index contributed by atoms with van der Waals surface area (Å²) >= 11 is 0. The van der Waals surface area contributed by atoms with Crippen LogP contribution in [0.5, 0.6) is 0 Å². The van der Waals surface area contributed by atoms with Gasteiger partial charge in [0.1, 0.15) is 5.25 Å². The van der Waals surface area contributed by atoms with Crippen molar-refractivity contribution in [3.8, 4) is 0 Å². The minimum Gasteiger partial charge on any atom is -0.399 e. The van der Waals surface area contributed by atoms with Crippen molar-refractivity contribution >= 4 is 27.1 Å². The van der Waals surface area contributed by atoms with Gasteiger partial charge in [-0.2, -0.15) is 0 Å². The van der Waals surface area contributed by atoms with Crippen LogP contribution in [0.4, 0.5) is 11.4 Å². The number of rotatable bonds is 4. The van der Waals surface area contributed by atoms with E-state index in [4.69, 9.17) is 5.73 Å². The number of carbonyl (C=O) groups is 1. The largest absolute Gasteiger partial charge is 0.399 e. The van der Waals surface area contributed by atoms with E-state index in [-0.39, 0.29) is 11.7 Å². The summed E-state index contributed by atoms with van der Waals surface area (Å²) in [7, 11) is -3.33. The van der Waals surface area contributed by atoms with Gasteiger partial charge in [0.15, 0.2) is 9.84 Å². The summed E-state index contributed by atoms with van der Waals surface area (Å²) in [6.07, 6.45) is 2.61. The molecule has 5 nitrogen and oxygen atoms in total. The number of carbonyl (C=O) groups excluding carboxylic acids is 1. The summed E-state index contributed by atoms with van der Waals surface area (Å²) < 4.78 is 24.3. The van der Waals surface area contributed by atoms with Crippen LogP contribution in [0.25, 0.3) is 0 Å². The second-order valence-electron chi connectivity index (χ2n) is 5.44. The zero-order chi connectivity index (χ0) is 15.5. The van der Waals surface area contributed by atoms with Crippen molar-refractivity contribution < 1.29 is 13.2 Å². The summed E-state index contributed by atoms with van der Waals surface area (Å²) in [6.45, 7) is 2.45. The van der Waals surface area contributed by atoms with E-state index in [2.05, 4.69) is 0 Å². The van der Waals surface area contributed by atoms with Gasteiger partial charge < -0.3 is 10.6 Å². The van der Waals surface area contributed by atoms with E-state index in [1.807, 2.05) is 6.92 Å². The fraction of sp³-hybridized carbons (Fsp3) is 0.533. The lowest BCUT2D eigenvalue weighted by Crippen LogP contribution is -2.45. The molecule has 1 saturated heterocycles. The average molecular weight is 310 g/mol. The molecule has 1 unspecified atom stereocenters. The monoisotopic (exact) mass is 310 g/mol. The number of nitrogens with two attached hydrogens (primary N) is 1. The highest BCUT2D eigenvalue weighted by atomic mass is 32.2. The molecule has 116 valence electrons. The number of nitrogen functional groups attached to an aromatic ring is 1. The number of hydrogen-bond acceptors (Lipinski definition) is 4. The van der Waals surface area contributed by atoms with Crippen LogP contribution in [0, 0.1) is 0 Å². The average Bonchev–Trinajstić information content (AvgIpc) is 2.43. The minimum absolute atomic E-state index is 0.111.